The second-order valence-electron chi connectivity index (χ2n) is 4.35. The summed E-state index contributed by atoms with van der Waals surface area (Å²) < 4.78 is 0. The molecule has 2 fully saturated rings. The maximum Gasteiger partial charge on any atom is -0.0294 e. The highest BCUT2D eigenvalue weighted by Gasteiger charge is 2.39. The smallest absolute Gasteiger partial charge is 0.0294 e. The first-order chi connectivity index (χ1) is 4.79. The highest BCUT2D eigenvalue weighted by atomic mass is 14.4. The van der Waals surface area contributed by atoms with Gasteiger partial charge in [-0.05, 0) is 37.5 Å². The van der Waals surface area contributed by atoms with E-state index in [1.165, 1.54) is 44.9 Å². The Morgan fingerprint density at radius 2 is 1.80 bits per heavy atom. The Morgan fingerprint density at radius 3 is 2.30 bits per heavy atom. The molecule has 0 bridgehead atoms. The monoisotopic (exact) mass is 137 g/mol. The van der Waals surface area contributed by atoms with Gasteiger partial charge < -0.3 is 0 Å². The van der Waals surface area contributed by atoms with E-state index in [9.17, 15) is 0 Å². The lowest BCUT2D eigenvalue weighted by molar-refractivity contribution is 0.410. The van der Waals surface area contributed by atoms with Crippen LogP contribution in [0.5, 0.6) is 0 Å². The number of hydrogen-bond acceptors (Lipinski definition) is 0. The van der Waals surface area contributed by atoms with Crippen molar-refractivity contribution in [2.75, 3.05) is 0 Å². The van der Waals surface area contributed by atoms with Crippen LogP contribution < -0.4 is 0 Å². The van der Waals surface area contributed by atoms with Crippen LogP contribution in [-0.4, -0.2) is 0 Å². The molecule has 0 amide bonds. The van der Waals surface area contributed by atoms with Crippen molar-refractivity contribution in [1.29, 1.82) is 0 Å². The van der Waals surface area contributed by atoms with Gasteiger partial charge in [-0.3, -0.25) is 0 Å². The lowest BCUT2D eigenvalue weighted by Crippen LogP contribution is -2.02. The molecule has 0 saturated heterocycles. The molecule has 0 spiro atoms. The average molecular weight is 137 g/mol. The van der Waals surface area contributed by atoms with Crippen molar-refractivity contribution in [3.63, 3.8) is 0 Å². The van der Waals surface area contributed by atoms with E-state index < -0.39 is 0 Å². The van der Waals surface area contributed by atoms with Gasteiger partial charge in [0.05, 0.1) is 0 Å². The van der Waals surface area contributed by atoms with Crippen LogP contribution in [0.15, 0.2) is 0 Å². The molecule has 1 radical (unpaired) electrons. The van der Waals surface area contributed by atoms with Crippen LogP contribution in [0.25, 0.3) is 0 Å². The van der Waals surface area contributed by atoms with Gasteiger partial charge in [0, 0.05) is 0 Å². The van der Waals surface area contributed by atoms with Gasteiger partial charge in [0.1, 0.15) is 0 Å². The molecule has 10 heavy (non-hydrogen) atoms. The molecule has 2 saturated carbocycles. The zero-order valence-electron chi connectivity index (χ0n) is 6.73. The van der Waals surface area contributed by atoms with Gasteiger partial charge in [-0.1, -0.05) is 25.7 Å². The van der Waals surface area contributed by atoms with E-state index in [0.717, 1.165) is 5.92 Å². The summed E-state index contributed by atoms with van der Waals surface area (Å²) in [6.07, 6.45) is 10.2. The van der Waals surface area contributed by atoms with Gasteiger partial charge in [-0.25, -0.2) is 0 Å². The minimum atomic E-state index is 0.564. The molecule has 0 heteroatoms. The first-order valence-corrected chi connectivity index (χ1v) is 4.64. The van der Waals surface area contributed by atoms with E-state index in [1.807, 2.05) is 0 Å². The zero-order valence-corrected chi connectivity index (χ0v) is 6.73. The minimum absolute atomic E-state index is 0.564. The van der Waals surface area contributed by atoms with E-state index in [-0.39, 0.29) is 0 Å². The summed E-state index contributed by atoms with van der Waals surface area (Å²) in [5, 5.41) is 0. The first kappa shape index (κ1) is 6.69. The predicted octanol–water partition coefficient (Wildman–Crippen LogP) is 3.18. The van der Waals surface area contributed by atoms with Crippen molar-refractivity contribution >= 4 is 0 Å². The summed E-state index contributed by atoms with van der Waals surface area (Å²) in [5.41, 5.74) is 0.564. The SMILES string of the molecule is [CH2]C1(CC2CCCC2)CC1. The largest absolute Gasteiger partial charge is 0.0530 e. The standard InChI is InChI=1S/C10H17/c1-10(6-7-10)8-9-4-2-3-5-9/h9H,1-8H2. The van der Waals surface area contributed by atoms with Gasteiger partial charge >= 0.3 is 0 Å². The van der Waals surface area contributed by atoms with E-state index in [2.05, 4.69) is 6.92 Å². The second-order valence-corrected chi connectivity index (χ2v) is 4.35. The highest BCUT2D eigenvalue weighted by Crippen LogP contribution is 2.51. The van der Waals surface area contributed by atoms with Crippen molar-refractivity contribution in [2.24, 2.45) is 11.3 Å². The van der Waals surface area contributed by atoms with Crippen LogP contribution in [-0.2, 0) is 0 Å². The van der Waals surface area contributed by atoms with Gasteiger partial charge in [0.15, 0.2) is 0 Å². The summed E-state index contributed by atoms with van der Waals surface area (Å²) in [5.74, 6) is 1.06. The van der Waals surface area contributed by atoms with E-state index in [4.69, 9.17) is 0 Å². The molecular formula is C10H17. The lowest BCUT2D eigenvalue weighted by atomic mass is 9.92. The minimum Gasteiger partial charge on any atom is -0.0530 e. The Balaban J connectivity index is 1.78. The first-order valence-electron chi connectivity index (χ1n) is 4.64. The Kier molecular flexibility index (Phi) is 1.51. The normalized spacial score (nSPS) is 30.9. The third kappa shape index (κ3) is 1.36. The molecule has 0 heterocycles. The quantitative estimate of drug-likeness (QED) is 0.548. The van der Waals surface area contributed by atoms with Crippen molar-refractivity contribution in [3.8, 4) is 0 Å². The van der Waals surface area contributed by atoms with Crippen molar-refractivity contribution in [1.82, 2.24) is 0 Å². The highest BCUT2D eigenvalue weighted by molar-refractivity contribution is 4.97. The third-order valence-corrected chi connectivity index (χ3v) is 3.15. The molecular weight excluding hydrogens is 120 g/mol. The lowest BCUT2D eigenvalue weighted by Gasteiger charge is -2.13. The van der Waals surface area contributed by atoms with E-state index in [1.54, 1.807) is 0 Å². The van der Waals surface area contributed by atoms with Crippen LogP contribution in [0.2, 0.25) is 0 Å². The molecule has 0 aliphatic heterocycles. The predicted molar refractivity (Wildman–Crippen MR) is 43.6 cm³/mol. The summed E-state index contributed by atoms with van der Waals surface area (Å²) >= 11 is 0. The van der Waals surface area contributed by atoms with Gasteiger partial charge in [0.25, 0.3) is 0 Å². The Bertz CT molecular complexity index is 116. The second kappa shape index (κ2) is 2.25. The van der Waals surface area contributed by atoms with E-state index in [0.29, 0.717) is 5.41 Å². The van der Waals surface area contributed by atoms with Crippen LogP contribution in [0.1, 0.15) is 44.9 Å². The zero-order chi connectivity index (χ0) is 7.03. The molecule has 2 rings (SSSR count). The topological polar surface area (TPSA) is 0 Å². The van der Waals surface area contributed by atoms with Gasteiger partial charge in [-0.2, -0.15) is 0 Å². The van der Waals surface area contributed by atoms with Crippen LogP contribution in [0, 0.1) is 18.3 Å². The number of hydrogen-bond donors (Lipinski definition) is 0. The molecule has 0 nitrogen and oxygen atoms in total. The number of rotatable bonds is 2. The summed E-state index contributed by atoms with van der Waals surface area (Å²) in [4.78, 5) is 0. The molecule has 2 aliphatic rings. The summed E-state index contributed by atoms with van der Waals surface area (Å²) in [7, 11) is 0. The molecule has 0 unspecified atom stereocenters. The average Bonchev–Trinajstić information content (AvgIpc) is 2.47. The maximum absolute atomic E-state index is 4.24. The Morgan fingerprint density at radius 1 is 1.20 bits per heavy atom. The van der Waals surface area contributed by atoms with Crippen LogP contribution >= 0.6 is 0 Å². The summed E-state index contributed by atoms with van der Waals surface area (Å²) in [6, 6.07) is 0. The van der Waals surface area contributed by atoms with Gasteiger partial charge in [-0.15, -0.1) is 0 Å². The fraction of sp³-hybridized carbons (Fsp3) is 0.900. The maximum atomic E-state index is 4.24. The van der Waals surface area contributed by atoms with Crippen LogP contribution in [0.4, 0.5) is 0 Å². The van der Waals surface area contributed by atoms with Crippen molar-refractivity contribution in [2.45, 2.75) is 44.9 Å². The van der Waals surface area contributed by atoms with E-state index >= 15 is 0 Å². The van der Waals surface area contributed by atoms with Crippen molar-refractivity contribution < 1.29 is 0 Å². The Labute approximate surface area is 64.0 Å². The molecule has 0 aromatic carbocycles. The van der Waals surface area contributed by atoms with Crippen molar-refractivity contribution in [3.05, 3.63) is 6.92 Å². The molecule has 0 aromatic heterocycles. The fourth-order valence-electron chi connectivity index (χ4n) is 2.21. The van der Waals surface area contributed by atoms with Gasteiger partial charge in [0.2, 0.25) is 0 Å². The summed E-state index contributed by atoms with van der Waals surface area (Å²) in [6.45, 7) is 4.24. The molecule has 2 aliphatic carbocycles. The molecule has 0 aromatic rings. The molecule has 0 N–H and O–H groups in total. The fourth-order valence-corrected chi connectivity index (χ4v) is 2.21. The third-order valence-electron chi connectivity index (χ3n) is 3.15. The molecule has 57 valence electrons. The Hall–Kier alpha value is 0. The molecule has 0 atom stereocenters. The van der Waals surface area contributed by atoms with Crippen LogP contribution in [0.3, 0.4) is 0 Å².